The van der Waals surface area contributed by atoms with E-state index in [4.69, 9.17) is 10.9 Å². The van der Waals surface area contributed by atoms with E-state index in [1.165, 1.54) is 32.1 Å². The zero-order chi connectivity index (χ0) is 12.8. The van der Waals surface area contributed by atoms with Crippen molar-refractivity contribution in [2.24, 2.45) is 5.92 Å². The Morgan fingerprint density at radius 2 is 2.17 bits per heavy atom. The van der Waals surface area contributed by atoms with Crippen molar-refractivity contribution in [3.8, 4) is 12.3 Å². The fourth-order valence-corrected chi connectivity index (χ4v) is 2.58. The van der Waals surface area contributed by atoms with Crippen LogP contribution in [-0.4, -0.2) is 16.7 Å². The molecular weight excluding hydrogens is 226 g/mol. The number of nitrogens with zero attached hydrogens (tertiary/aromatic N) is 2. The molecule has 1 heterocycles. The fraction of sp³-hybridized carbons (Fsp3) is 0.714. The highest BCUT2D eigenvalue weighted by Crippen LogP contribution is 2.35. The highest BCUT2D eigenvalue weighted by atomic mass is 16.5. The summed E-state index contributed by atoms with van der Waals surface area (Å²) in [6.07, 6.45) is 11.4. The Kier molecular flexibility index (Phi) is 4.77. The lowest BCUT2D eigenvalue weighted by molar-refractivity contribution is 0.302. The van der Waals surface area contributed by atoms with Gasteiger partial charge in [-0.25, -0.2) is 0 Å². The largest absolute Gasteiger partial charge is 0.338 e. The van der Waals surface area contributed by atoms with E-state index >= 15 is 0 Å². The zero-order valence-electron chi connectivity index (χ0n) is 11.0. The second-order valence-corrected chi connectivity index (χ2v) is 4.98. The summed E-state index contributed by atoms with van der Waals surface area (Å²) < 4.78 is 5.23. The summed E-state index contributed by atoms with van der Waals surface area (Å²) in [4.78, 5) is 4.45. The van der Waals surface area contributed by atoms with Gasteiger partial charge in [-0.3, -0.25) is 5.32 Å². The first-order valence-electron chi connectivity index (χ1n) is 6.80. The summed E-state index contributed by atoms with van der Waals surface area (Å²) in [6, 6.07) is 0. The Hall–Kier alpha value is -1.34. The number of aromatic nitrogens is 2. The molecule has 1 saturated carbocycles. The Balaban J connectivity index is 1.85. The molecular formula is C14H21N3O. The molecule has 0 spiro atoms. The summed E-state index contributed by atoms with van der Waals surface area (Å²) in [6.45, 7) is 3.36. The van der Waals surface area contributed by atoms with Gasteiger partial charge in [0.1, 0.15) is 0 Å². The molecule has 0 aliphatic heterocycles. The number of rotatable bonds is 5. The van der Waals surface area contributed by atoms with Crippen molar-refractivity contribution in [1.82, 2.24) is 15.5 Å². The molecule has 4 heteroatoms. The fourth-order valence-electron chi connectivity index (χ4n) is 2.58. The van der Waals surface area contributed by atoms with Gasteiger partial charge in [0.25, 0.3) is 0 Å². The maximum atomic E-state index is 5.23. The average Bonchev–Trinajstić information content (AvgIpc) is 2.88. The third kappa shape index (κ3) is 3.33. The van der Waals surface area contributed by atoms with Gasteiger partial charge in [0.05, 0.1) is 13.1 Å². The second kappa shape index (κ2) is 6.55. The first-order valence-corrected chi connectivity index (χ1v) is 6.80. The van der Waals surface area contributed by atoms with Gasteiger partial charge >= 0.3 is 0 Å². The quantitative estimate of drug-likeness (QED) is 0.641. The van der Waals surface area contributed by atoms with Crippen molar-refractivity contribution in [2.75, 3.05) is 6.54 Å². The predicted octanol–water partition coefficient (Wildman–Crippen LogP) is 2.48. The van der Waals surface area contributed by atoms with Crippen LogP contribution in [0.5, 0.6) is 0 Å². The van der Waals surface area contributed by atoms with Gasteiger partial charge in [-0.2, -0.15) is 4.98 Å². The lowest BCUT2D eigenvalue weighted by Crippen LogP contribution is -2.15. The average molecular weight is 247 g/mol. The van der Waals surface area contributed by atoms with Crippen LogP contribution in [0.15, 0.2) is 4.52 Å². The first kappa shape index (κ1) is 13.1. The lowest BCUT2D eigenvalue weighted by Gasteiger charge is -2.25. The van der Waals surface area contributed by atoms with Crippen LogP contribution >= 0.6 is 0 Å². The third-order valence-corrected chi connectivity index (χ3v) is 3.78. The van der Waals surface area contributed by atoms with E-state index in [0.717, 1.165) is 11.7 Å². The molecule has 98 valence electrons. The molecule has 1 aromatic heterocycles. The molecule has 1 aliphatic rings. The van der Waals surface area contributed by atoms with Crippen LogP contribution in [0.25, 0.3) is 0 Å². The third-order valence-electron chi connectivity index (χ3n) is 3.78. The monoisotopic (exact) mass is 247 g/mol. The van der Waals surface area contributed by atoms with E-state index in [1.54, 1.807) is 0 Å². The van der Waals surface area contributed by atoms with Crippen molar-refractivity contribution in [2.45, 2.75) is 51.5 Å². The van der Waals surface area contributed by atoms with Crippen molar-refractivity contribution >= 4 is 0 Å². The van der Waals surface area contributed by atoms with Gasteiger partial charge in [0.2, 0.25) is 5.89 Å². The van der Waals surface area contributed by atoms with Crippen molar-refractivity contribution < 1.29 is 4.52 Å². The van der Waals surface area contributed by atoms with E-state index in [-0.39, 0.29) is 0 Å². The Labute approximate surface area is 109 Å². The Morgan fingerprint density at radius 1 is 1.39 bits per heavy atom. The van der Waals surface area contributed by atoms with E-state index in [1.807, 2.05) is 0 Å². The van der Waals surface area contributed by atoms with Crippen LogP contribution in [0.3, 0.4) is 0 Å². The van der Waals surface area contributed by atoms with Gasteiger partial charge in [0, 0.05) is 5.92 Å². The minimum Gasteiger partial charge on any atom is -0.338 e. The molecule has 0 bridgehead atoms. The Bertz CT molecular complexity index is 399. The molecule has 1 aromatic rings. The molecule has 0 unspecified atom stereocenters. The number of hydrogen-bond acceptors (Lipinski definition) is 4. The minimum absolute atomic E-state index is 0.484. The number of nitrogens with one attached hydrogen (secondary N) is 1. The smallest absolute Gasteiger partial charge is 0.240 e. The molecule has 2 rings (SSSR count). The normalized spacial score (nSPS) is 23.8. The maximum absolute atomic E-state index is 5.23. The standard InChI is InChI=1S/C14H21N3O/c1-3-9-15-10-13-16-14(17-18-13)12-7-5-11(4-2)6-8-12/h1,11-12,15H,4-10H2,2H3. The molecule has 18 heavy (non-hydrogen) atoms. The highest BCUT2D eigenvalue weighted by Gasteiger charge is 2.24. The van der Waals surface area contributed by atoms with Crippen LogP contribution in [0, 0.1) is 18.3 Å². The van der Waals surface area contributed by atoms with Crippen molar-refractivity contribution in [3.05, 3.63) is 11.7 Å². The summed E-state index contributed by atoms with van der Waals surface area (Å²) in [7, 11) is 0. The lowest BCUT2D eigenvalue weighted by atomic mass is 9.80. The maximum Gasteiger partial charge on any atom is 0.240 e. The van der Waals surface area contributed by atoms with E-state index in [9.17, 15) is 0 Å². The second-order valence-electron chi connectivity index (χ2n) is 4.98. The molecule has 0 radical (unpaired) electrons. The zero-order valence-corrected chi connectivity index (χ0v) is 11.0. The first-order chi connectivity index (χ1) is 8.83. The molecule has 4 nitrogen and oxygen atoms in total. The molecule has 1 aliphatic carbocycles. The number of hydrogen-bond donors (Lipinski definition) is 1. The molecule has 0 atom stereocenters. The summed E-state index contributed by atoms with van der Waals surface area (Å²) in [5, 5.41) is 7.14. The molecule has 0 aromatic carbocycles. The summed E-state index contributed by atoms with van der Waals surface area (Å²) in [5.41, 5.74) is 0. The van der Waals surface area contributed by atoms with Crippen LogP contribution in [0.2, 0.25) is 0 Å². The van der Waals surface area contributed by atoms with Crippen LogP contribution in [-0.2, 0) is 6.54 Å². The molecule has 1 N–H and O–H groups in total. The predicted molar refractivity (Wildman–Crippen MR) is 69.8 cm³/mol. The van der Waals surface area contributed by atoms with Crippen LogP contribution < -0.4 is 5.32 Å². The van der Waals surface area contributed by atoms with Crippen molar-refractivity contribution in [3.63, 3.8) is 0 Å². The van der Waals surface area contributed by atoms with E-state index < -0.39 is 0 Å². The van der Waals surface area contributed by atoms with Gasteiger partial charge < -0.3 is 4.52 Å². The minimum atomic E-state index is 0.484. The van der Waals surface area contributed by atoms with E-state index in [2.05, 4.69) is 28.3 Å². The molecule has 0 amide bonds. The SMILES string of the molecule is C#CCNCc1nc(C2CCC(CC)CC2)no1. The van der Waals surface area contributed by atoms with E-state index in [0.29, 0.717) is 24.9 Å². The van der Waals surface area contributed by atoms with Gasteiger partial charge in [-0.05, 0) is 31.6 Å². The topological polar surface area (TPSA) is 51.0 Å². The van der Waals surface area contributed by atoms with Crippen LogP contribution in [0.1, 0.15) is 56.7 Å². The van der Waals surface area contributed by atoms with Crippen LogP contribution in [0.4, 0.5) is 0 Å². The number of terminal acetylenes is 1. The van der Waals surface area contributed by atoms with Gasteiger partial charge in [-0.1, -0.05) is 24.4 Å². The van der Waals surface area contributed by atoms with Gasteiger partial charge in [0.15, 0.2) is 5.82 Å². The Morgan fingerprint density at radius 3 is 2.83 bits per heavy atom. The highest BCUT2D eigenvalue weighted by molar-refractivity contribution is 4.98. The van der Waals surface area contributed by atoms with Crippen molar-refractivity contribution in [1.29, 1.82) is 0 Å². The van der Waals surface area contributed by atoms with Gasteiger partial charge in [-0.15, -0.1) is 6.42 Å². The molecule has 1 fully saturated rings. The summed E-state index contributed by atoms with van der Waals surface area (Å²) >= 11 is 0. The molecule has 0 saturated heterocycles. The summed E-state index contributed by atoms with van der Waals surface area (Å²) in [5.74, 6) is 5.41.